The summed E-state index contributed by atoms with van der Waals surface area (Å²) < 4.78 is 18.2. The Kier molecular flexibility index (Phi) is 5.42. The molecule has 102 valence electrons. The van der Waals surface area contributed by atoms with E-state index >= 15 is 0 Å². The first kappa shape index (κ1) is 15.1. The maximum atomic E-state index is 13.7. The highest BCUT2D eigenvalue weighted by Crippen LogP contribution is 2.22. The predicted octanol–water partition coefficient (Wildman–Crippen LogP) is 0.849. The van der Waals surface area contributed by atoms with Crippen LogP contribution in [0.4, 0.5) is 4.39 Å². The number of rotatable bonds is 5. The van der Waals surface area contributed by atoms with Crippen molar-refractivity contribution in [2.24, 2.45) is 0 Å². The second-order valence-corrected chi connectivity index (χ2v) is 3.83. The summed E-state index contributed by atoms with van der Waals surface area (Å²) in [7, 11) is 0. The Labute approximate surface area is 109 Å². The van der Waals surface area contributed by atoms with Crippen molar-refractivity contribution in [2.75, 3.05) is 6.61 Å². The summed E-state index contributed by atoms with van der Waals surface area (Å²) in [6.45, 7) is 1.60. The standard InChI is InChI=1S/C13H14FNO4/c1-2-19-13(18)12(17)11(16)9-4-3-8(5-6-15)7-10(9)14/h3-4,7,11-12,16-17H,2,5H2,1H3. The largest absolute Gasteiger partial charge is 0.464 e. The molecule has 0 spiro atoms. The van der Waals surface area contributed by atoms with Gasteiger partial charge in [-0.05, 0) is 18.6 Å². The van der Waals surface area contributed by atoms with E-state index in [-0.39, 0.29) is 18.6 Å². The number of carbonyl (C=O) groups is 1. The molecular formula is C13H14FNO4. The Morgan fingerprint density at radius 3 is 2.74 bits per heavy atom. The zero-order valence-corrected chi connectivity index (χ0v) is 10.3. The number of nitrogens with zero attached hydrogens (tertiary/aromatic N) is 1. The minimum atomic E-state index is -1.85. The minimum absolute atomic E-state index is 0.0354. The molecule has 0 saturated heterocycles. The predicted molar refractivity (Wildman–Crippen MR) is 63.3 cm³/mol. The molecule has 0 bridgehead atoms. The highest BCUT2D eigenvalue weighted by Gasteiger charge is 2.28. The average Bonchev–Trinajstić information content (AvgIpc) is 2.38. The van der Waals surface area contributed by atoms with Gasteiger partial charge in [0.05, 0.1) is 19.1 Å². The van der Waals surface area contributed by atoms with Gasteiger partial charge in [0, 0.05) is 5.56 Å². The normalized spacial score (nSPS) is 13.4. The summed E-state index contributed by atoms with van der Waals surface area (Å²) in [4.78, 5) is 11.2. The molecule has 2 unspecified atom stereocenters. The maximum Gasteiger partial charge on any atom is 0.338 e. The lowest BCUT2D eigenvalue weighted by molar-refractivity contribution is -0.159. The molecule has 0 aliphatic rings. The van der Waals surface area contributed by atoms with E-state index in [0.29, 0.717) is 5.56 Å². The van der Waals surface area contributed by atoms with Crippen LogP contribution >= 0.6 is 0 Å². The fraction of sp³-hybridized carbons (Fsp3) is 0.385. The molecule has 19 heavy (non-hydrogen) atoms. The zero-order chi connectivity index (χ0) is 14.4. The fourth-order valence-corrected chi connectivity index (χ4v) is 1.54. The van der Waals surface area contributed by atoms with Crippen LogP contribution in [0.25, 0.3) is 0 Å². The molecule has 5 nitrogen and oxygen atoms in total. The molecule has 0 aromatic heterocycles. The van der Waals surface area contributed by atoms with Gasteiger partial charge in [0.2, 0.25) is 0 Å². The first-order chi connectivity index (χ1) is 9.01. The molecular weight excluding hydrogens is 253 g/mol. The first-order valence-corrected chi connectivity index (χ1v) is 5.69. The summed E-state index contributed by atoms with van der Waals surface area (Å²) >= 11 is 0. The van der Waals surface area contributed by atoms with Crippen LogP contribution in [0.2, 0.25) is 0 Å². The molecule has 1 rings (SSSR count). The smallest absolute Gasteiger partial charge is 0.338 e. The van der Waals surface area contributed by atoms with Crippen molar-refractivity contribution in [3.63, 3.8) is 0 Å². The van der Waals surface area contributed by atoms with Crippen LogP contribution in [0.1, 0.15) is 24.2 Å². The zero-order valence-electron chi connectivity index (χ0n) is 10.3. The van der Waals surface area contributed by atoms with E-state index in [2.05, 4.69) is 4.74 Å². The van der Waals surface area contributed by atoms with Gasteiger partial charge in [0.1, 0.15) is 11.9 Å². The average molecular weight is 267 g/mol. The van der Waals surface area contributed by atoms with E-state index < -0.39 is 24.0 Å². The van der Waals surface area contributed by atoms with Gasteiger partial charge < -0.3 is 14.9 Å². The van der Waals surface area contributed by atoms with Crippen LogP contribution < -0.4 is 0 Å². The quantitative estimate of drug-likeness (QED) is 0.772. The van der Waals surface area contributed by atoms with Crippen molar-refractivity contribution in [3.8, 4) is 6.07 Å². The van der Waals surface area contributed by atoms with Gasteiger partial charge in [-0.1, -0.05) is 12.1 Å². The van der Waals surface area contributed by atoms with Gasteiger partial charge in [-0.3, -0.25) is 0 Å². The molecule has 0 saturated carbocycles. The van der Waals surface area contributed by atoms with Crippen LogP contribution in [-0.2, 0) is 16.0 Å². The Morgan fingerprint density at radius 2 is 2.21 bits per heavy atom. The second kappa shape index (κ2) is 6.83. The number of esters is 1. The summed E-state index contributed by atoms with van der Waals surface area (Å²) in [5.41, 5.74) is 0.226. The van der Waals surface area contributed by atoms with Gasteiger partial charge in [-0.15, -0.1) is 0 Å². The van der Waals surface area contributed by atoms with Gasteiger partial charge in [-0.25, -0.2) is 9.18 Å². The van der Waals surface area contributed by atoms with Gasteiger partial charge >= 0.3 is 5.97 Å². The number of hydrogen-bond acceptors (Lipinski definition) is 5. The van der Waals surface area contributed by atoms with E-state index in [9.17, 15) is 19.4 Å². The molecule has 1 aromatic carbocycles. The summed E-state index contributed by atoms with van der Waals surface area (Å²) in [5.74, 6) is -1.81. The highest BCUT2D eigenvalue weighted by atomic mass is 19.1. The van der Waals surface area contributed by atoms with Crippen molar-refractivity contribution >= 4 is 5.97 Å². The number of nitriles is 1. The lowest BCUT2D eigenvalue weighted by Gasteiger charge is -2.17. The number of aliphatic hydroxyl groups excluding tert-OH is 2. The fourth-order valence-electron chi connectivity index (χ4n) is 1.54. The summed E-state index contributed by atoms with van der Waals surface area (Å²) in [6, 6.07) is 5.63. The molecule has 0 radical (unpaired) electrons. The SMILES string of the molecule is CCOC(=O)C(O)C(O)c1ccc(CC#N)cc1F. The molecule has 0 aliphatic heterocycles. The number of carbonyl (C=O) groups excluding carboxylic acids is 1. The third kappa shape index (κ3) is 3.74. The van der Waals surface area contributed by atoms with Crippen molar-refractivity contribution in [1.29, 1.82) is 5.26 Å². The molecule has 0 heterocycles. The molecule has 0 fully saturated rings. The van der Waals surface area contributed by atoms with E-state index in [1.807, 2.05) is 6.07 Å². The number of hydrogen-bond donors (Lipinski definition) is 2. The number of ether oxygens (including phenoxy) is 1. The van der Waals surface area contributed by atoms with Gasteiger partial charge in [0.15, 0.2) is 6.10 Å². The van der Waals surface area contributed by atoms with E-state index in [0.717, 1.165) is 6.07 Å². The monoisotopic (exact) mass is 267 g/mol. The maximum absolute atomic E-state index is 13.7. The molecule has 0 aliphatic carbocycles. The highest BCUT2D eigenvalue weighted by molar-refractivity contribution is 5.75. The van der Waals surface area contributed by atoms with E-state index in [1.54, 1.807) is 6.92 Å². The Morgan fingerprint density at radius 1 is 1.53 bits per heavy atom. The summed E-state index contributed by atoms with van der Waals surface area (Å²) in [6.07, 6.45) is -3.53. The van der Waals surface area contributed by atoms with Gasteiger partial charge in [0.25, 0.3) is 0 Å². The van der Waals surface area contributed by atoms with Crippen LogP contribution in [0.3, 0.4) is 0 Å². The van der Waals surface area contributed by atoms with Crippen molar-refractivity contribution in [1.82, 2.24) is 0 Å². The number of aliphatic hydroxyl groups is 2. The summed E-state index contributed by atoms with van der Waals surface area (Å²) in [5, 5.41) is 27.7. The lowest BCUT2D eigenvalue weighted by atomic mass is 10.0. The van der Waals surface area contributed by atoms with Crippen LogP contribution in [-0.4, -0.2) is 28.9 Å². The Hall–Kier alpha value is -1.97. The third-order valence-corrected chi connectivity index (χ3v) is 2.49. The molecule has 2 atom stereocenters. The first-order valence-electron chi connectivity index (χ1n) is 5.69. The number of halogens is 1. The second-order valence-electron chi connectivity index (χ2n) is 3.83. The number of benzene rings is 1. The Balaban J connectivity index is 2.91. The Bertz CT molecular complexity index is 498. The van der Waals surface area contributed by atoms with E-state index in [4.69, 9.17) is 5.26 Å². The molecule has 6 heteroatoms. The van der Waals surface area contributed by atoms with Crippen LogP contribution in [0.15, 0.2) is 18.2 Å². The topological polar surface area (TPSA) is 90.6 Å². The van der Waals surface area contributed by atoms with E-state index in [1.165, 1.54) is 12.1 Å². The van der Waals surface area contributed by atoms with Crippen LogP contribution in [0.5, 0.6) is 0 Å². The van der Waals surface area contributed by atoms with Crippen LogP contribution in [0, 0.1) is 17.1 Å². The van der Waals surface area contributed by atoms with Crippen molar-refractivity contribution in [2.45, 2.75) is 25.6 Å². The van der Waals surface area contributed by atoms with Gasteiger partial charge in [-0.2, -0.15) is 5.26 Å². The molecule has 2 N–H and O–H groups in total. The van der Waals surface area contributed by atoms with Crippen molar-refractivity contribution in [3.05, 3.63) is 35.1 Å². The third-order valence-electron chi connectivity index (χ3n) is 2.49. The van der Waals surface area contributed by atoms with Crippen molar-refractivity contribution < 1.29 is 24.1 Å². The molecule has 1 aromatic rings. The lowest BCUT2D eigenvalue weighted by Crippen LogP contribution is -2.30. The minimum Gasteiger partial charge on any atom is -0.464 e. The molecule has 0 amide bonds.